The van der Waals surface area contributed by atoms with E-state index in [4.69, 9.17) is 4.52 Å². The largest absolute Gasteiger partial charge is 0.334 e. The summed E-state index contributed by atoms with van der Waals surface area (Å²) in [6, 6.07) is 21.0. The first-order chi connectivity index (χ1) is 16.9. The number of allylic oxidation sites excluding steroid dienone is 1. The summed E-state index contributed by atoms with van der Waals surface area (Å²) in [6.45, 7) is 3.87. The predicted molar refractivity (Wildman–Crippen MR) is 135 cm³/mol. The van der Waals surface area contributed by atoms with Crippen LogP contribution in [0, 0.1) is 12.7 Å². The SMILES string of the molecule is CSc1ccc(N2C(=O)NC(c3ccc(C)cc3)C(c3nc(-c4cccc(F)c4)no3)=C2C)cc1. The number of benzene rings is 3. The lowest BCUT2D eigenvalue weighted by Crippen LogP contribution is -2.46. The zero-order valence-electron chi connectivity index (χ0n) is 19.4. The summed E-state index contributed by atoms with van der Waals surface area (Å²) in [5, 5.41) is 7.20. The quantitative estimate of drug-likeness (QED) is 0.322. The number of thioether (sulfide) groups is 1. The molecule has 8 heteroatoms. The fourth-order valence-corrected chi connectivity index (χ4v) is 4.56. The Balaban J connectivity index is 1.64. The molecule has 0 fully saturated rings. The molecule has 6 nitrogen and oxygen atoms in total. The lowest BCUT2D eigenvalue weighted by atomic mass is 9.94. The molecule has 2 amide bonds. The van der Waals surface area contributed by atoms with Crippen LogP contribution in [0.5, 0.6) is 0 Å². The molecule has 176 valence electrons. The van der Waals surface area contributed by atoms with E-state index in [1.54, 1.807) is 28.8 Å². The molecule has 1 aromatic heterocycles. The van der Waals surface area contributed by atoms with Gasteiger partial charge in [-0.15, -0.1) is 11.8 Å². The number of nitrogens with zero attached hydrogens (tertiary/aromatic N) is 3. The van der Waals surface area contributed by atoms with E-state index in [9.17, 15) is 9.18 Å². The van der Waals surface area contributed by atoms with Crippen LogP contribution in [0.25, 0.3) is 17.0 Å². The van der Waals surface area contributed by atoms with Gasteiger partial charge in [0.2, 0.25) is 5.82 Å². The van der Waals surface area contributed by atoms with Crippen LogP contribution in [0.3, 0.4) is 0 Å². The average Bonchev–Trinajstić information content (AvgIpc) is 3.34. The number of hydrogen-bond donors (Lipinski definition) is 1. The molecule has 2 heterocycles. The van der Waals surface area contributed by atoms with E-state index in [1.807, 2.05) is 68.6 Å². The number of aromatic nitrogens is 2. The molecule has 5 rings (SSSR count). The van der Waals surface area contributed by atoms with Gasteiger partial charge in [-0.25, -0.2) is 9.18 Å². The van der Waals surface area contributed by atoms with Crippen LogP contribution in [-0.2, 0) is 0 Å². The fraction of sp³-hybridized carbons (Fsp3) is 0.148. The Hall–Kier alpha value is -3.91. The molecule has 0 bridgehead atoms. The van der Waals surface area contributed by atoms with Crippen molar-refractivity contribution in [3.63, 3.8) is 0 Å². The van der Waals surface area contributed by atoms with Crippen LogP contribution in [0.1, 0.15) is 30.0 Å². The van der Waals surface area contributed by atoms with Crippen LogP contribution in [0.2, 0.25) is 0 Å². The van der Waals surface area contributed by atoms with Gasteiger partial charge < -0.3 is 9.84 Å². The Kier molecular flexibility index (Phi) is 6.13. The summed E-state index contributed by atoms with van der Waals surface area (Å²) in [5.41, 5.74) is 4.58. The predicted octanol–water partition coefficient (Wildman–Crippen LogP) is 6.61. The van der Waals surface area contributed by atoms with Crippen molar-refractivity contribution in [3.05, 3.63) is 101 Å². The number of carbonyl (C=O) groups is 1. The Morgan fingerprint density at radius 3 is 2.46 bits per heavy atom. The number of rotatable bonds is 5. The van der Waals surface area contributed by atoms with E-state index in [-0.39, 0.29) is 23.6 Å². The van der Waals surface area contributed by atoms with Gasteiger partial charge in [0.15, 0.2) is 0 Å². The third kappa shape index (κ3) is 4.44. The van der Waals surface area contributed by atoms with Crippen LogP contribution in [0.4, 0.5) is 14.9 Å². The van der Waals surface area contributed by atoms with Crippen molar-refractivity contribution in [1.29, 1.82) is 0 Å². The highest BCUT2D eigenvalue weighted by molar-refractivity contribution is 7.98. The minimum Gasteiger partial charge on any atom is -0.334 e. The Morgan fingerprint density at radius 1 is 1.03 bits per heavy atom. The average molecular weight is 487 g/mol. The minimum absolute atomic E-state index is 0.251. The van der Waals surface area contributed by atoms with E-state index in [0.717, 1.165) is 21.7 Å². The second-order valence-electron chi connectivity index (χ2n) is 8.26. The number of hydrogen-bond acceptors (Lipinski definition) is 5. The highest BCUT2D eigenvalue weighted by Crippen LogP contribution is 2.39. The van der Waals surface area contributed by atoms with Gasteiger partial charge in [0.25, 0.3) is 5.89 Å². The molecule has 1 aliphatic heterocycles. The molecule has 0 radical (unpaired) electrons. The summed E-state index contributed by atoms with van der Waals surface area (Å²) in [7, 11) is 0. The third-order valence-corrected chi connectivity index (χ3v) is 6.71. The minimum atomic E-state index is -0.495. The number of anilines is 1. The monoisotopic (exact) mass is 486 g/mol. The van der Waals surface area contributed by atoms with Crippen LogP contribution < -0.4 is 10.2 Å². The van der Waals surface area contributed by atoms with Gasteiger partial charge in [0, 0.05) is 16.2 Å². The lowest BCUT2D eigenvalue weighted by Gasteiger charge is -2.35. The normalized spacial score (nSPS) is 15.9. The molecule has 1 N–H and O–H groups in total. The zero-order valence-corrected chi connectivity index (χ0v) is 20.3. The fourth-order valence-electron chi connectivity index (χ4n) is 4.15. The van der Waals surface area contributed by atoms with Gasteiger partial charge >= 0.3 is 6.03 Å². The molecule has 1 aliphatic rings. The first-order valence-corrected chi connectivity index (χ1v) is 12.3. The highest BCUT2D eigenvalue weighted by Gasteiger charge is 2.36. The molecule has 1 unspecified atom stereocenters. The number of amides is 2. The Labute approximate surface area is 206 Å². The van der Waals surface area contributed by atoms with Gasteiger partial charge in [-0.2, -0.15) is 4.98 Å². The third-order valence-electron chi connectivity index (χ3n) is 5.97. The zero-order chi connectivity index (χ0) is 24.5. The van der Waals surface area contributed by atoms with E-state index in [1.165, 1.54) is 12.1 Å². The van der Waals surface area contributed by atoms with Gasteiger partial charge in [0.05, 0.1) is 17.3 Å². The van der Waals surface area contributed by atoms with E-state index < -0.39 is 6.04 Å². The highest BCUT2D eigenvalue weighted by atomic mass is 32.2. The van der Waals surface area contributed by atoms with Crippen molar-refractivity contribution in [3.8, 4) is 11.4 Å². The first kappa shape index (κ1) is 22.9. The number of urea groups is 1. The number of aryl methyl sites for hydroxylation is 1. The molecule has 0 saturated carbocycles. The van der Waals surface area contributed by atoms with Gasteiger partial charge in [-0.3, -0.25) is 4.90 Å². The first-order valence-electron chi connectivity index (χ1n) is 11.1. The molecule has 1 atom stereocenters. The Morgan fingerprint density at radius 2 is 1.77 bits per heavy atom. The molecular formula is C27H23FN4O2S. The number of halogens is 1. The maximum atomic E-state index is 13.8. The molecule has 0 spiro atoms. The maximum absolute atomic E-state index is 13.8. The number of nitrogens with one attached hydrogen (secondary N) is 1. The number of carbonyl (C=O) groups excluding carboxylic acids is 1. The smallest absolute Gasteiger partial charge is 0.326 e. The molecule has 0 saturated heterocycles. The molecule has 0 aliphatic carbocycles. The summed E-state index contributed by atoms with van der Waals surface area (Å²) >= 11 is 1.63. The van der Waals surface area contributed by atoms with Gasteiger partial charge in [0.1, 0.15) is 5.82 Å². The topological polar surface area (TPSA) is 71.3 Å². The van der Waals surface area contributed by atoms with Crippen LogP contribution in [-0.4, -0.2) is 22.4 Å². The van der Waals surface area contributed by atoms with E-state index >= 15 is 0 Å². The van der Waals surface area contributed by atoms with Crippen molar-refractivity contribution in [2.45, 2.75) is 24.8 Å². The van der Waals surface area contributed by atoms with Crippen molar-refractivity contribution in [1.82, 2.24) is 15.5 Å². The standard InChI is InChI=1S/C27H23FN4O2S/c1-16-7-9-18(10-8-16)24-23(26-30-25(31-34-26)19-5-4-6-20(28)15-19)17(2)32(27(33)29-24)21-11-13-22(35-3)14-12-21/h4-15,24H,1-3H3,(H,29,33). The van der Waals surface area contributed by atoms with Gasteiger partial charge in [-0.1, -0.05) is 47.1 Å². The molecule has 35 heavy (non-hydrogen) atoms. The second kappa shape index (κ2) is 9.38. The van der Waals surface area contributed by atoms with Crippen LogP contribution in [0.15, 0.2) is 87.9 Å². The summed E-state index contributed by atoms with van der Waals surface area (Å²) in [6.07, 6.45) is 2.00. The van der Waals surface area contributed by atoms with Crippen LogP contribution >= 0.6 is 11.8 Å². The lowest BCUT2D eigenvalue weighted by molar-refractivity contribution is 0.244. The molecule has 4 aromatic rings. The van der Waals surface area contributed by atoms with E-state index in [0.29, 0.717) is 16.8 Å². The summed E-state index contributed by atoms with van der Waals surface area (Å²) in [4.78, 5) is 20.6. The van der Waals surface area contributed by atoms with Crippen molar-refractivity contribution >= 4 is 29.1 Å². The molecular weight excluding hydrogens is 463 g/mol. The molecule has 3 aromatic carbocycles. The Bertz CT molecular complexity index is 1410. The maximum Gasteiger partial charge on any atom is 0.326 e. The van der Waals surface area contributed by atoms with E-state index in [2.05, 4.69) is 15.5 Å². The van der Waals surface area contributed by atoms with Crippen molar-refractivity contribution < 1.29 is 13.7 Å². The summed E-state index contributed by atoms with van der Waals surface area (Å²) in [5.74, 6) is 0.153. The van der Waals surface area contributed by atoms with Crippen molar-refractivity contribution in [2.24, 2.45) is 0 Å². The van der Waals surface area contributed by atoms with Gasteiger partial charge in [-0.05, 0) is 62.1 Å². The summed E-state index contributed by atoms with van der Waals surface area (Å²) < 4.78 is 19.5. The second-order valence-corrected chi connectivity index (χ2v) is 9.14. The van der Waals surface area contributed by atoms with Crippen molar-refractivity contribution in [2.75, 3.05) is 11.2 Å².